The first-order valence-corrected chi connectivity index (χ1v) is 11.4. The van der Waals surface area contributed by atoms with Gasteiger partial charge in [-0.25, -0.2) is 4.98 Å². The van der Waals surface area contributed by atoms with Gasteiger partial charge >= 0.3 is 0 Å². The van der Waals surface area contributed by atoms with Crippen LogP contribution in [0.1, 0.15) is 40.1 Å². The van der Waals surface area contributed by atoms with E-state index >= 15 is 0 Å². The molecule has 1 heterocycles. The Balaban J connectivity index is 1.57. The zero-order valence-corrected chi connectivity index (χ0v) is 19.8. The Bertz CT molecular complexity index is 1360. The molecule has 0 bridgehead atoms. The van der Waals surface area contributed by atoms with E-state index in [1.54, 1.807) is 53.8 Å². The van der Waals surface area contributed by atoms with E-state index < -0.39 is 0 Å². The van der Waals surface area contributed by atoms with Gasteiger partial charge in [0.25, 0.3) is 5.91 Å². The van der Waals surface area contributed by atoms with Gasteiger partial charge < -0.3 is 19.9 Å². The Hall–Kier alpha value is -4.41. The Kier molecular flexibility index (Phi) is 7.24. The number of amides is 1. The second-order valence-corrected chi connectivity index (χ2v) is 8.19. The van der Waals surface area contributed by atoms with E-state index in [0.29, 0.717) is 35.6 Å². The van der Waals surface area contributed by atoms with Crippen molar-refractivity contribution in [2.75, 3.05) is 11.4 Å². The molecule has 2 N–H and O–H groups in total. The van der Waals surface area contributed by atoms with Crippen molar-refractivity contribution in [1.29, 1.82) is 5.26 Å². The first kappa shape index (κ1) is 23.7. The maximum Gasteiger partial charge on any atom is 0.258 e. The van der Waals surface area contributed by atoms with Gasteiger partial charge in [-0.1, -0.05) is 30.3 Å². The standard InChI is InChI=1S/C28H27N5O2/c1-3-33(23-9-5-4-6-10-23)28(34)21-8-7-11-25(14-21)35-27-15-20(12-13-22(27)17-29)26(30)16-24-18-31-19-32(24)2/h4-15,18-19,26H,3,16,30H2,1-2H3. The predicted molar refractivity (Wildman–Crippen MR) is 135 cm³/mol. The molecule has 7 heteroatoms. The molecule has 0 radical (unpaired) electrons. The fraction of sp³-hybridized carbons (Fsp3) is 0.179. The van der Waals surface area contributed by atoms with Crippen molar-refractivity contribution < 1.29 is 9.53 Å². The summed E-state index contributed by atoms with van der Waals surface area (Å²) in [6.45, 7) is 2.47. The van der Waals surface area contributed by atoms with Crippen LogP contribution in [0, 0.1) is 11.3 Å². The Morgan fingerprint density at radius 1 is 1.14 bits per heavy atom. The summed E-state index contributed by atoms with van der Waals surface area (Å²) in [5.41, 5.74) is 10.0. The van der Waals surface area contributed by atoms with Gasteiger partial charge in [0.05, 0.1) is 11.9 Å². The van der Waals surface area contributed by atoms with E-state index in [9.17, 15) is 10.1 Å². The van der Waals surface area contributed by atoms with Crippen LogP contribution < -0.4 is 15.4 Å². The number of carbonyl (C=O) groups excluding carboxylic acids is 1. The van der Waals surface area contributed by atoms with Gasteiger partial charge in [-0.3, -0.25) is 4.79 Å². The maximum absolute atomic E-state index is 13.2. The highest BCUT2D eigenvalue weighted by Gasteiger charge is 2.18. The number of carbonyl (C=O) groups is 1. The molecule has 0 aliphatic rings. The molecule has 7 nitrogen and oxygen atoms in total. The number of benzene rings is 3. The fourth-order valence-corrected chi connectivity index (χ4v) is 3.90. The first-order chi connectivity index (χ1) is 17.0. The molecule has 1 atom stereocenters. The molecule has 0 spiro atoms. The Labute approximate surface area is 205 Å². The lowest BCUT2D eigenvalue weighted by molar-refractivity contribution is 0.0988. The summed E-state index contributed by atoms with van der Waals surface area (Å²) in [6, 6.07) is 23.7. The molecule has 35 heavy (non-hydrogen) atoms. The molecule has 4 rings (SSSR count). The second kappa shape index (κ2) is 10.7. The molecule has 1 unspecified atom stereocenters. The normalized spacial score (nSPS) is 11.5. The van der Waals surface area contributed by atoms with Crippen molar-refractivity contribution in [3.05, 3.63) is 108 Å². The molecule has 0 saturated heterocycles. The molecule has 0 aliphatic carbocycles. The third kappa shape index (κ3) is 5.40. The van der Waals surface area contributed by atoms with Crippen LogP contribution in [0.15, 0.2) is 85.3 Å². The van der Waals surface area contributed by atoms with Gasteiger partial charge in [-0.05, 0) is 55.0 Å². The number of rotatable bonds is 8. The monoisotopic (exact) mass is 465 g/mol. The smallest absolute Gasteiger partial charge is 0.258 e. The maximum atomic E-state index is 13.2. The Morgan fingerprint density at radius 2 is 1.94 bits per heavy atom. The van der Waals surface area contributed by atoms with E-state index in [-0.39, 0.29) is 11.9 Å². The van der Waals surface area contributed by atoms with Crippen molar-refractivity contribution in [2.45, 2.75) is 19.4 Å². The number of anilines is 1. The zero-order chi connectivity index (χ0) is 24.8. The lowest BCUT2D eigenvalue weighted by Crippen LogP contribution is -2.30. The summed E-state index contributed by atoms with van der Waals surface area (Å²) in [5.74, 6) is 0.732. The van der Waals surface area contributed by atoms with Crippen LogP contribution in [0.25, 0.3) is 0 Å². The number of hydrogen-bond donors (Lipinski definition) is 1. The summed E-state index contributed by atoms with van der Waals surface area (Å²) in [7, 11) is 1.92. The molecule has 176 valence electrons. The van der Waals surface area contributed by atoms with Gasteiger partial charge in [-0.15, -0.1) is 0 Å². The van der Waals surface area contributed by atoms with Gasteiger partial charge in [0.1, 0.15) is 17.6 Å². The number of para-hydroxylation sites is 1. The lowest BCUT2D eigenvalue weighted by atomic mass is 10.0. The highest BCUT2D eigenvalue weighted by atomic mass is 16.5. The van der Waals surface area contributed by atoms with Crippen molar-refractivity contribution >= 4 is 11.6 Å². The predicted octanol–water partition coefficient (Wildman–Crippen LogP) is 4.99. The third-order valence-electron chi connectivity index (χ3n) is 5.84. The van der Waals surface area contributed by atoms with Gasteiger partial charge in [0.15, 0.2) is 0 Å². The molecule has 1 aromatic heterocycles. The SMILES string of the molecule is CCN(C(=O)c1cccc(Oc2cc(C(N)Cc3cncn3C)ccc2C#N)c1)c1ccccc1. The van der Waals surface area contributed by atoms with Crippen molar-refractivity contribution in [2.24, 2.45) is 12.8 Å². The summed E-state index contributed by atoms with van der Waals surface area (Å²) in [5, 5.41) is 9.61. The van der Waals surface area contributed by atoms with Gasteiger partial charge in [0.2, 0.25) is 0 Å². The van der Waals surface area contributed by atoms with Crippen molar-refractivity contribution in [1.82, 2.24) is 9.55 Å². The van der Waals surface area contributed by atoms with Gasteiger partial charge in [0, 0.05) is 49.2 Å². The highest BCUT2D eigenvalue weighted by molar-refractivity contribution is 6.06. The van der Waals surface area contributed by atoms with Crippen LogP contribution in [0.4, 0.5) is 5.69 Å². The van der Waals surface area contributed by atoms with E-state index in [4.69, 9.17) is 10.5 Å². The minimum Gasteiger partial charge on any atom is -0.456 e. The third-order valence-corrected chi connectivity index (χ3v) is 5.84. The molecule has 0 aliphatic heterocycles. The summed E-state index contributed by atoms with van der Waals surface area (Å²) in [6.07, 6.45) is 4.12. The largest absolute Gasteiger partial charge is 0.456 e. The van der Waals surface area contributed by atoms with Crippen LogP contribution in [-0.4, -0.2) is 22.0 Å². The molecule has 4 aromatic rings. The van der Waals surface area contributed by atoms with Gasteiger partial charge in [-0.2, -0.15) is 5.26 Å². The molecule has 0 saturated carbocycles. The van der Waals surface area contributed by atoms with Crippen LogP contribution in [0.2, 0.25) is 0 Å². The summed E-state index contributed by atoms with van der Waals surface area (Å²) >= 11 is 0. The number of nitrogens with two attached hydrogens (primary N) is 1. The fourth-order valence-electron chi connectivity index (χ4n) is 3.90. The van der Waals surface area contributed by atoms with E-state index in [0.717, 1.165) is 16.9 Å². The van der Waals surface area contributed by atoms with Crippen LogP contribution in [-0.2, 0) is 13.5 Å². The number of nitriles is 1. The topological polar surface area (TPSA) is 97.2 Å². The van der Waals surface area contributed by atoms with Crippen LogP contribution in [0.3, 0.4) is 0 Å². The number of aromatic nitrogens is 2. The minimum atomic E-state index is -0.294. The van der Waals surface area contributed by atoms with E-state index in [1.807, 2.05) is 54.9 Å². The Morgan fingerprint density at radius 3 is 2.63 bits per heavy atom. The lowest BCUT2D eigenvalue weighted by Gasteiger charge is -2.21. The number of hydrogen-bond acceptors (Lipinski definition) is 5. The molecular weight excluding hydrogens is 438 g/mol. The highest BCUT2D eigenvalue weighted by Crippen LogP contribution is 2.30. The minimum absolute atomic E-state index is 0.128. The quantitative estimate of drug-likeness (QED) is 0.395. The number of aryl methyl sites for hydroxylation is 1. The molecule has 0 fully saturated rings. The zero-order valence-electron chi connectivity index (χ0n) is 19.8. The average Bonchev–Trinajstić information content (AvgIpc) is 3.29. The number of nitrogens with zero attached hydrogens (tertiary/aromatic N) is 4. The molecule has 1 amide bonds. The number of ether oxygens (including phenoxy) is 1. The van der Waals surface area contributed by atoms with Crippen molar-refractivity contribution in [3.63, 3.8) is 0 Å². The van der Waals surface area contributed by atoms with E-state index in [1.165, 1.54) is 0 Å². The van der Waals surface area contributed by atoms with Crippen molar-refractivity contribution in [3.8, 4) is 17.6 Å². The molecule has 3 aromatic carbocycles. The van der Waals surface area contributed by atoms with E-state index in [2.05, 4.69) is 11.1 Å². The average molecular weight is 466 g/mol. The summed E-state index contributed by atoms with van der Waals surface area (Å²) < 4.78 is 8.02. The van der Waals surface area contributed by atoms with Crippen LogP contribution in [0.5, 0.6) is 11.5 Å². The summed E-state index contributed by atoms with van der Waals surface area (Å²) in [4.78, 5) is 19.1. The second-order valence-electron chi connectivity index (χ2n) is 8.19. The molecular formula is C28H27N5O2. The van der Waals surface area contributed by atoms with Crippen LogP contribution >= 0.6 is 0 Å². The number of imidazole rings is 1. The first-order valence-electron chi connectivity index (χ1n) is 11.4.